The summed E-state index contributed by atoms with van der Waals surface area (Å²) in [5, 5.41) is 3.48. The van der Waals surface area contributed by atoms with Gasteiger partial charge in [0.1, 0.15) is 0 Å². The SMILES string of the molecule is CCN(Cc1ccc(Cl)s1)C1CCCNC1. The van der Waals surface area contributed by atoms with Crippen molar-refractivity contribution in [3.63, 3.8) is 0 Å². The van der Waals surface area contributed by atoms with E-state index < -0.39 is 0 Å². The minimum atomic E-state index is 0.694. The number of nitrogens with one attached hydrogen (secondary N) is 1. The minimum absolute atomic E-state index is 0.694. The van der Waals surface area contributed by atoms with Crippen molar-refractivity contribution in [3.8, 4) is 0 Å². The predicted molar refractivity (Wildman–Crippen MR) is 71.3 cm³/mol. The van der Waals surface area contributed by atoms with Crippen molar-refractivity contribution in [2.24, 2.45) is 0 Å². The highest BCUT2D eigenvalue weighted by Crippen LogP contribution is 2.24. The molecule has 1 aliphatic heterocycles. The van der Waals surface area contributed by atoms with Crippen LogP contribution in [0.2, 0.25) is 4.34 Å². The largest absolute Gasteiger partial charge is 0.315 e. The molecule has 0 radical (unpaired) electrons. The van der Waals surface area contributed by atoms with Gasteiger partial charge in [0.05, 0.1) is 4.34 Å². The number of hydrogen-bond donors (Lipinski definition) is 1. The van der Waals surface area contributed by atoms with Crippen LogP contribution in [0.15, 0.2) is 12.1 Å². The van der Waals surface area contributed by atoms with Gasteiger partial charge in [-0.05, 0) is 38.1 Å². The van der Waals surface area contributed by atoms with E-state index in [2.05, 4.69) is 23.2 Å². The molecule has 0 bridgehead atoms. The van der Waals surface area contributed by atoms with Gasteiger partial charge in [0.25, 0.3) is 0 Å². The lowest BCUT2D eigenvalue weighted by atomic mass is 10.1. The van der Waals surface area contributed by atoms with Crippen LogP contribution < -0.4 is 5.32 Å². The van der Waals surface area contributed by atoms with Crippen molar-refractivity contribution in [1.82, 2.24) is 10.2 Å². The summed E-state index contributed by atoms with van der Waals surface area (Å²) in [6.07, 6.45) is 2.62. The summed E-state index contributed by atoms with van der Waals surface area (Å²) in [6, 6.07) is 4.83. The molecular formula is C12H19ClN2S. The molecule has 1 aliphatic rings. The molecule has 2 nitrogen and oxygen atoms in total. The zero-order valence-electron chi connectivity index (χ0n) is 9.71. The molecule has 2 heterocycles. The highest BCUT2D eigenvalue weighted by molar-refractivity contribution is 7.16. The van der Waals surface area contributed by atoms with Gasteiger partial charge in [-0.15, -0.1) is 11.3 Å². The van der Waals surface area contributed by atoms with E-state index in [9.17, 15) is 0 Å². The number of rotatable bonds is 4. The van der Waals surface area contributed by atoms with Crippen LogP contribution in [-0.2, 0) is 6.54 Å². The van der Waals surface area contributed by atoms with Crippen LogP contribution in [0.1, 0.15) is 24.6 Å². The molecular weight excluding hydrogens is 240 g/mol. The normalized spacial score (nSPS) is 21.6. The summed E-state index contributed by atoms with van der Waals surface area (Å²) in [4.78, 5) is 3.92. The van der Waals surface area contributed by atoms with Crippen molar-refractivity contribution in [3.05, 3.63) is 21.3 Å². The lowest BCUT2D eigenvalue weighted by Gasteiger charge is -2.33. The van der Waals surface area contributed by atoms with E-state index in [1.165, 1.54) is 24.3 Å². The fraction of sp³-hybridized carbons (Fsp3) is 0.667. The van der Waals surface area contributed by atoms with Gasteiger partial charge in [0, 0.05) is 24.0 Å². The molecule has 0 spiro atoms. The number of piperidine rings is 1. The summed E-state index contributed by atoms with van der Waals surface area (Å²) in [6.45, 7) is 6.71. The Hall–Kier alpha value is -0.0900. The predicted octanol–water partition coefficient (Wildman–Crippen LogP) is 2.98. The molecule has 0 amide bonds. The summed E-state index contributed by atoms with van der Waals surface area (Å²) in [7, 11) is 0. The van der Waals surface area contributed by atoms with Crippen LogP contribution in [0.3, 0.4) is 0 Å². The molecule has 90 valence electrons. The molecule has 4 heteroatoms. The summed E-state index contributed by atoms with van der Waals surface area (Å²) in [5.74, 6) is 0. The molecule has 1 aromatic rings. The van der Waals surface area contributed by atoms with Crippen molar-refractivity contribution in [2.45, 2.75) is 32.4 Å². The third-order valence-corrected chi connectivity index (χ3v) is 4.40. The third kappa shape index (κ3) is 3.20. The van der Waals surface area contributed by atoms with Crippen molar-refractivity contribution < 1.29 is 0 Å². The Balaban J connectivity index is 1.94. The van der Waals surface area contributed by atoms with E-state index >= 15 is 0 Å². The van der Waals surface area contributed by atoms with E-state index in [-0.39, 0.29) is 0 Å². The first-order valence-electron chi connectivity index (χ1n) is 5.98. The zero-order valence-corrected chi connectivity index (χ0v) is 11.3. The maximum Gasteiger partial charge on any atom is 0.0931 e. The van der Waals surface area contributed by atoms with Crippen molar-refractivity contribution >= 4 is 22.9 Å². The average Bonchev–Trinajstić information content (AvgIpc) is 2.73. The Morgan fingerprint density at radius 3 is 3.00 bits per heavy atom. The molecule has 16 heavy (non-hydrogen) atoms. The van der Waals surface area contributed by atoms with Gasteiger partial charge in [-0.2, -0.15) is 0 Å². The van der Waals surface area contributed by atoms with Gasteiger partial charge in [0.15, 0.2) is 0 Å². The van der Waals surface area contributed by atoms with Gasteiger partial charge in [-0.1, -0.05) is 18.5 Å². The molecule has 1 unspecified atom stereocenters. The van der Waals surface area contributed by atoms with Gasteiger partial charge >= 0.3 is 0 Å². The molecule has 2 rings (SSSR count). The smallest absolute Gasteiger partial charge is 0.0931 e. The molecule has 1 N–H and O–H groups in total. The highest BCUT2D eigenvalue weighted by atomic mass is 35.5. The number of hydrogen-bond acceptors (Lipinski definition) is 3. The molecule has 0 aromatic carbocycles. The van der Waals surface area contributed by atoms with E-state index in [1.54, 1.807) is 11.3 Å². The Morgan fingerprint density at radius 2 is 2.44 bits per heavy atom. The Labute approximate surface area is 107 Å². The Kier molecular flexibility index (Phi) is 4.65. The molecule has 1 saturated heterocycles. The second kappa shape index (κ2) is 6.01. The maximum atomic E-state index is 5.96. The first-order valence-corrected chi connectivity index (χ1v) is 7.18. The fourth-order valence-corrected chi connectivity index (χ4v) is 3.39. The van der Waals surface area contributed by atoms with Crippen LogP contribution in [0.4, 0.5) is 0 Å². The molecule has 1 fully saturated rings. The molecule has 0 aliphatic carbocycles. The summed E-state index contributed by atoms with van der Waals surface area (Å²) < 4.78 is 0.896. The molecule has 1 atom stereocenters. The molecule has 0 saturated carbocycles. The number of thiophene rings is 1. The number of nitrogens with zero attached hydrogens (tertiary/aromatic N) is 1. The highest BCUT2D eigenvalue weighted by Gasteiger charge is 2.19. The summed E-state index contributed by atoms with van der Waals surface area (Å²) >= 11 is 7.66. The van der Waals surface area contributed by atoms with Crippen LogP contribution in [0.5, 0.6) is 0 Å². The van der Waals surface area contributed by atoms with E-state index in [1.807, 2.05) is 6.07 Å². The van der Waals surface area contributed by atoms with Crippen molar-refractivity contribution in [2.75, 3.05) is 19.6 Å². The Bertz CT molecular complexity index is 321. The quantitative estimate of drug-likeness (QED) is 0.893. The first-order chi connectivity index (χ1) is 7.79. The Morgan fingerprint density at radius 1 is 1.56 bits per heavy atom. The standard InChI is InChI=1S/C12H19ClN2S/c1-2-15(10-4-3-7-14-8-10)9-11-5-6-12(13)16-11/h5-6,10,14H,2-4,7-9H2,1H3. The van der Waals surface area contributed by atoms with Crippen LogP contribution in [-0.4, -0.2) is 30.6 Å². The van der Waals surface area contributed by atoms with Gasteiger partial charge in [-0.3, -0.25) is 4.90 Å². The number of halogens is 1. The maximum absolute atomic E-state index is 5.96. The van der Waals surface area contributed by atoms with Gasteiger partial charge in [0.2, 0.25) is 0 Å². The fourth-order valence-electron chi connectivity index (χ4n) is 2.28. The van der Waals surface area contributed by atoms with Gasteiger partial charge < -0.3 is 5.32 Å². The van der Waals surface area contributed by atoms with Crippen LogP contribution in [0.25, 0.3) is 0 Å². The van der Waals surface area contributed by atoms with Gasteiger partial charge in [-0.25, -0.2) is 0 Å². The molecule has 1 aromatic heterocycles. The topological polar surface area (TPSA) is 15.3 Å². The van der Waals surface area contributed by atoms with Crippen LogP contribution in [0, 0.1) is 0 Å². The average molecular weight is 259 g/mol. The second-order valence-electron chi connectivity index (χ2n) is 4.27. The third-order valence-electron chi connectivity index (χ3n) is 3.18. The summed E-state index contributed by atoms with van der Waals surface area (Å²) in [5.41, 5.74) is 0. The zero-order chi connectivity index (χ0) is 11.4. The monoisotopic (exact) mass is 258 g/mol. The lowest BCUT2D eigenvalue weighted by molar-refractivity contribution is 0.167. The lowest BCUT2D eigenvalue weighted by Crippen LogP contribution is -2.45. The second-order valence-corrected chi connectivity index (χ2v) is 6.07. The minimum Gasteiger partial charge on any atom is -0.315 e. The van der Waals surface area contributed by atoms with Crippen molar-refractivity contribution in [1.29, 1.82) is 0 Å². The number of likely N-dealkylation sites (N-methyl/N-ethyl adjacent to an activating group) is 1. The van der Waals surface area contributed by atoms with Crippen LogP contribution >= 0.6 is 22.9 Å². The first kappa shape index (κ1) is 12.4. The van der Waals surface area contributed by atoms with E-state index in [4.69, 9.17) is 11.6 Å². The van der Waals surface area contributed by atoms with E-state index in [0.717, 1.165) is 24.0 Å². The van der Waals surface area contributed by atoms with E-state index in [0.29, 0.717) is 6.04 Å².